The van der Waals surface area contributed by atoms with Crippen LogP contribution in [0.3, 0.4) is 0 Å². The number of amides is 3. The Morgan fingerprint density at radius 1 is 1.41 bits per heavy atom. The van der Waals surface area contributed by atoms with Crippen LogP contribution in [-0.4, -0.2) is 25.6 Å². The van der Waals surface area contributed by atoms with Crippen LogP contribution in [0.15, 0.2) is 24.3 Å². The molecule has 0 spiro atoms. The Kier molecular flexibility index (Phi) is 4.80. The second kappa shape index (κ2) is 6.37. The molecule has 0 radical (unpaired) electrons. The van der Waals surface area contributed by atoms with E-state index in [-0.39, 0.29) is 13.0 Å². The van der Waals surface area contributed by atoms with Gasteiger partial charge in [0.25, 0.3) is 0 Å². The number of urea groups is 1. The van der Waals surface area contributed by atoms with Gasteiger partial charge in [-0.25, -0.2) is 4.79 Å². The van der Waals surface area contributed by atoms with E-state index in [2.05, 4.69) is 10.6 Å². The molecule has 0 bridgehead atoms. The van der Waals surface area contributed by atoms with Crippen molar-refractivity contribution in [3.05, 3.63) is 24.3 Å². The Balaban J connectivity index is 2.28. The Bertz CT molecular complexity index is 407. The van der Waals surface area contributed by atoms with Gasteiger partial charge in [0, 0.05) is 18.8 Å². The molecule has 0 aromatic heterocycles. The SMILES string of the molecule is CNC(=O)NC(=O)CCOc1cccc(N)c1. The monoisotopic (exact) mass is 237 g/mol. The molecule has 3 amide bonds. The zero-order valence-corrected chi connectivity index (χ0v) is 9.53. The Labute approximate surface area is 99.1 Å². The first kappa shape index (κ1) is 12.8. The molecule has 0 heterocycles. The van der Waals surface area contributed by atoms with Gasteiger partial charge in [-0.05, 0) is 12.1 Å². The van der Waals surface area contributed by atoms with Crippen molar-refractivity contribution in [2.45, 2.75) is 6.42 Å². The van der Waals surface area contributed by atoms with Gasteiger partial charge in [-0.1, -0.05) is 6.07 Å². The summed E-state index contributed by atoms with van der Waals surface area (Å²) in [4.78, 5) is 22.0. The van der Waals surface area contributed by atoms with E-state index in [9.17, 15) is 9.59 Å². The Morgan fingerprint density at radius 2 is 2.18 bits per heavy atom. The minimum atomic E-state index is -0.529. The highest BCUT2D eigenvalue weighted by molar-refractivity contribution is 5.94. The summed E-state index contributed by atoms with van der Waals surface area (Å²) in [7, 11) is 1.44. The topological polar surface area (TPSA) is 93.5 Å². The smallest absolute Gasteiger partial charge is 0.321 e. The van der Waals surface area contributed by atoms with E-state index in [0.717, 1.165) is 0 Å². The van der Waals surface area contributed by atoms with Gasteiger partial charge in [0.15, 0.2) is 0 Å². The zero-order chi connectivity index (χ0) is 12.7. The number of imide groups is 1. The fraction of sp³-hybridized carbons (Fsp3) is 0.273. The molecule has 4 N–H and O–H groups in total. The third-order valence-electron chi connectivity index (χ3n) is 1.94. The van der Waals surface area contributed by atoms with Gasteiger partial charge < -0.3 is 15.8 Å². The molecule has 0 saturated heterocycles. The van der Waals surface area contributed by atoms with Crippen LogP contribution >= 0.6 is 0 Å². The number of nitrogens with two attached hydrogens (primary N) is 1. The second-order valence-electron chi connectivity index (χ2n) is 3.30. The van der Waals surface area contributed by atoms with Gasteiger partial charge in [0.2, 0.25) is 5.91 Å². The normalized spacial score (nSPS) is 9.47. The number of carbonyl (C=O) groups excluding carboxylic acids is 2. The first-order valence-corrected chi connectivity index (χ1v) is 5.11. The molecule has 1 rings (SSSR count). The fourth-order valence-corrected chi connectivity index (χ4v) is 1.12. The highest BCUT2D eigenvalue weighted by Crippen LogP contribution is 2.14. The van der Waals surface area contributed by atoms with Gasteiger partial charge in [-0.2, -0.15) is 0 Å². The molecule has 0 atom stereocenters. The highest BCUT2D eigenvalue weighted by atomic mass is 16.5. The molecule has 6 heteroatoms. The van der Waals surface area contributed by atoms with Crippen LogP contribution in [0.1, 0.15) is 6.42 Å². The minimum absolute atomic E-state index is 0.0994. The first-order chi connectivity index (χ1) is 8.11. The van der Waals surface area contributed by atoms with E-state index in [1.807, 2.05) is 0 Å². The summed E-state index contributed by atoms with van der Waals surface area (Å²) < 4.78 is 5.30. The standard InChI is InChI=1S/C11H15N3O3/c1-13-11(16)14-10(15)5-6-17-9-4-2-3-8(12)7-9/h2-4,7H,5-6,12H2,1H3,(H2,13,14,15,16). The summed E-state index contributed by atoms with van der Waals surface area (Å²) in [6.45, 7) is 0.187. The molecular formula is C11H15N3O3. The Morgan fingerprint density at radius 3 is 2.82 bits per heavy atom. The van der Waals surface area contributed by atoms with Gasteiger partial charge in [-0.15, -0.1) is 0 Å². The molecule has 0 aliphatic heterocycles. The van der Waals surface area contributed by atoms with Crippen LogP contribution < -0.4 is 21.1 Å². The molecule has 0 fully saturated rings. The lowest BCUT2D eigenvalue weighted by Gasteiger charge is -2.06. The predicted octanol–water partition coefficient (Wildman–Crippen LogP) is 0.493. The average Bonchev–Trinajstić information content (AvgIpc) is 2.29. The van der Waals surface area contributed by atoms with Crippen LogP contribution in [-0.2, 0) is 4.79 Å². The molecular weight excluding hydrogens is 222 g/mol. The Hall–Kier alpha value is -2.24. The van der Waals surface area contributed by atoms with E-state index in [1.165, 1.54) is 7.05 Å². The summed E-state index contributed by atoms with van der Waals surface area (Å²) in [5.74, 6) is 0.200. The van der Waals surface area contributed by atoms with Gasteiger partial charge in [0.1, 0.15) is 5.75 Å². The number of anilines is 1. The van der Waals surface area contributed by atoms with E-state index in [1.54, 1.807) is 24.3 Å². The van der Waals surface area contributed by atoms with Crippen LogP contribution in [0.25, 0.3) is 0 Å². The molecule has 6 nitrogen and oxygen atoms in total. The van der Waals surface area contributed by atoms with Crippen molar-refractivity contribution < 1.29 is 14.3 Å². The lowest BCUT2D eigenvalue weighted by molar-refractivity contribution is -0.120. The molecule has 0 unspecified atom stereocenters. The number of ether oxygens (including phenoxy) is 1. The summed E-state index contributed by atoms with van der Waals surface area (Å²) in [6.07, 6.45) is 0.0994. The maximum Gasteiger partial charge on any atom is 0.321 e. The van der Waals surface area contributed by atoms with Crippen molar-refractivity contribution in [3.8, 4) is 5.75 Å². The van der Waals surface area contributed by atoms with Crippen molar-refractivity contribution in [2.24, 2.45) is 0 Å². The minimum Gasteiger partial charge on any atom is -0.493 e. The first-order valence-electron chi connectivity index (χ1n) is 5.11. The number of hydrogen-bond donors (Lipinski definition) is 3. The number of hydrogen-bond acceptors (Lipinski definition) is 4. The third-order valence-corrected chi connectivity index (χ3v) is 1.94. The molecule has 0 aliphatic rings. The average molecular weight is 237 g/mol. The maximum absolute atomic E-state index is 11.2. The predicted molar refractivity (Wildman–Crippen MR) is 63.6 cm³/mol. The summed E-state index contributed by atoms with van der Waals surface area (Å²) in [5.41, 5.74) is 6.16. The molecule has 1 aromatic carbocycles. The quantitative estimate of drug-likeness (QED) is 0.664. The van der Waals surface area contributed by atoms with Gasteiger partial charge in [0.05, 0.1) is 13.0 Å². The molecule has 1 aromatic rings. The molecule has 17 heavy (non-hydrogen) atoms. The third kappa shape index (κ3) is 4.87. The van der Waals surface area contributed by atoms with Crippen molar-refractivity contribution in [1.82, 2.24) is 10.6 Å². The highest BCUT2D eigenvalue weighted by Gasteiger charge is 2.05. The summed E-state index contributed by atoms with van der Waals surface area (Å²) in [5, 5.41) is 4.42. The van der Waals surface area contributed by atoms with Crippen LogP contribution in [0.2, 0.25) is 0 Å². The number of rotatable bonds is 4. The van der Waals surface area contributed by atoms with Crippen molar-refractivity contribution >= 4 is 17.6 Å². The molecule has 0 saturated carbocycles. The maximum atomic E-state index is 11.2. The lowest BCUT2D eigenvalue weighted by Crippen LogP contribution is -2.37. The van der Waals surface area contributed by atoms with Crippen LogP contribution in [0, 0.1) is 0 Å². The van der Waals surface area contributed by atoms with Crippen molar-refractivity contribution in [1.29, 1.82) is 0 Å². The van der Waals surface area contributed by atoms with E-state index < -0.39 is 11.9 Å². The van der Waals surface area contributed by atoms with E-state index in [0.29, 0.717) is 11.4 Å². The summed E-state index contributed by atoms with van der Waals surface area (Å²) >= 11 is 0. The van der Waals surface area contributed by atoms with Crippen LogP contribution in [0.4, 0.5) is 10.5 Å². The molecule has 92 valence electrons. The fourth-order valence-electron chi connectivity index (χ4n) is 1.12. The number of nitrogens with one attached hydrogen (secondary N) is 2. The van der Waals surface area contributed by atoms with Crippen molar-refractivity contribution in [3.63, 3.8) is 0 Å². The number of carbonyl (C=O) groups is 2. The zero-order valence-electron chi connectivity index (χ0n) is 9.53. The molecule has 0 aliphatic carbocycles. The van der Waals surface area contributed by atoms with E-state index >= 15 is 0 Å². The number of benzene rings is 1. The van der Waals surface area contributed by atoms with Gasteiger partial charge >= 0.3 is 6.03 Å². The van der Waals surface area contributed by atoms with Crippen LogP contribution in [0.5, 0.6) is 5.75 Å². The largest absolute Gasteiger partial charge is 0.493 e. The number of nitrogen functional groups attached to an aromatic ring is 1. The lowest BCUT2D eigenvalue weighted by atomic mass is 10.3. The second-order valence-corrected chi connectivity index (χ2v) is 3.30. The summed E-state index contributed by atoms with van der Waals surface area (Å²) in [6, 6.07) is 6.38. The van der Waals surface area contributed by atoms with Gasteiger partial charge in [-0.3, -0.25) is 10.1 Å². The van der Waals surface area contributed by atoms with E-state index in [4.69, 9.17) is 10.5 Å². The van der Waals surface area contributed by atoms with Crippen molar-refractivity contribution in [2.75, 3.05) is 19.4 Å².